The van der Waals surface area contributed by atoms with Crippen LogP contribution in [0.15, 0.2) is 53.4 Å². The first-order valence-corrected chi connectivity index (χ1v) is 12.6. The highest BCUT2D eigenvalue weighted by atomic mass is 35.5. The van der Waals surface area contributed by atoms with E-state index in [-0.39, 0.29) is 18.3 Å². The minimum atomic E-state index is 0. The molecular formula is C23H29Cl2N3OS2. The summed E-state index contributed by atoms with van der Waals surface area (Å²) in [7, 11) is 0. The summed E-state index contributed by atoms with van der Waals surface area (Å²) in [5.41, 5.74) is 0.955. The number of carbonyl (C=O) groups is 1. The topological polar surface area (TPSA) is 36.4 Å². The number of rotatable bonds is 11. The number of para-hydroxylation sites is 1. The molecule has 0 saturated carbocycles. The Labute approximate surface area is 204 Å². The van der Waals surface area contributed by atoms with E-state index in [1.807, 2.05) is 47.4 Å². The van der Waals surface area contributed by atoms with Gasteiger partial charge in [0, 0.05) is 29.4 Å². The quantitative estimate of drug-likeness (QED) is 0.220. The molecule has 31 heavy (non-hydrogen) atoms. The SMILES string of the molecule is CCN(CC)CCN(C(=O)CCCSc1ccc(Cl)cc1)c1nc2ccccc2s1.Cl. The smallest absolute Gasteiger partial charge is 0.228 e. The standard InChI is InChI=1S/C23H28ClN3OS2.ClH/c1-3-26(4-2)15-16-27(23-25-20-8-5-6-9-21(20)30-23)22(28)10-7-17-29-19-13-11-18(24)12-14-19;/h5-6,8-9,11-14H,3-4,7,10,15-17H2,1-2H3;1H. The maximum Gasteiger partial charge on any atom is 0.228 e. The lowest BCUT2D eigenvalue weighted by atomic mass is 10.3. The van der Waals surface area contributed by atoms with Crippen molar-refractivity contribution in [1.29, 1.82) is 0 Å². The molecule has 3 aromatic rings. The lowest BCUT2D eigenvalue weighted by Gasteiger charge is -2.24. The van der Waals surface area contributed by atoms with Crippen LogP contribution in [-0.2, 0) is 4.79 Å². The van der Waals surface area contributed by atoms with Gasteiger partial charge in [-0.05, 0) is 61.7 Å². The largest absolute Gasteiger partial charge is 0.302 e. The summed E-state index contributed by atoms with van der Waals surface area (Å²) in [5.74, 6) is 1.05. The minimum absolute atomic E-state index is 0. The van der Waals surface area contributed by atoms with Crippen molar-refractivity contribution in [3.63, 3.8) is 0 Å². The van der Waals surface area contributed by atoms with Crippen LogP contribution in [0.4, 0.5) is 5.13 Å². The van der Waals surface area contributed by atoms with E-state index >= 15 is 0 Å². The van der Waals surface area contributed by atoms with Gasteiger partial charge >= 0.3 is 0 Å². The molecule has 3 rings (SSSR count). The van der Waals surface area contributed by atoms with Gasteiger partial charge in [0.25, 0.3) is 0 Å². The van der Waals surface area contributed by atoms with Crippen molar-refractivity contribution >= 4 is 68.4 Å². The van der Waals surface area contributed by atoms with E-state index in [2.05, 4.69) is 24.8 Å². The molecule has 0 aliphatic rings. The summed E-state index contributed by atoms with van der Waals surface area (Å²) in [5, 5.41) is 1.55. The Morgan fingerprint density at radius 3 is 2.45 bits per heavy atom. The van der Waals surface area contributed by atoms with E-state index in [0.717, 1.165) is 52.2 Å². The van der Waals surface area contributed by atoms with E-state index in [1.54, 1.807) is 23.1 Å². The summed E-state index contributed by atoms with van der Waals surface area (Å²) >= 11 is 9.29. The number of hydrogen-bond donors (Lipinski definition) is 0. The van der Waals surface area contributed by atoms with Crippen molar-refractivity contribution in [2.45, 2.75) is 31.6 Å². The van der Waals surface area contributed by atoms with Crippen molar-refractivity contribution in [3.05, 3.63) is 53.6 Å². The molecule has 0 N–H and O–H groups in total. The molecule has 1 amide bonds. The third-order valence-electron chi connectivity index (χ3n) is 4.97. The van der Waals surface area contributed by atoms with Gasteiger partial charge in [0.05, 0.1) is 10.2 Å². The molecule has 0 radical (unpaired) electrons. The fourth-order valence-electron chi connectivity index (χ4n) is 3.16. The molecule has 0 aliphatic heterocycles. The molecule has 0 atom stereocenters. The molecule has 0 unspecified atom stereocenters. The molecule has 0 saturated heterocycles. The van der Waals surface area contributed by atoms with Crippen LogP contribution in [0.1, 0.15) is 26.7 Å². The van der Waals surface area contributed by atoms with Crippen LogP contribution in [-0.4, -0.2) is 47.7 Å². The molecule has 1 aromatic heterocycles. The number of halogens is 2. The lowest BCUT2D eigenvalue weighted by Crippen LogP contribution is -2.38. The van der Waals surface area contributed by atoms with Crippen LogP contribution >= 0.6 is 47.1 Å². The zero-order valence-electron chi connectivity index (χ0n) is 17.9. The Morgan fingerprint density at radius 1 is 1.06 bits per heavy atom. The zero-order chi connectivity index (χ0) is 21.3. The predicted octanol–water partition coefficient (Wildman–Crippen LogP) is 6.62. The summed E-state index contributed by atoms with van der Waals surface area (Å²) in [6.45, 7) is 7.80. The molecule has 8 heteroatoms. The molecule has 0 bridgehead atoms. The maximum absolute atomic E-state index is 13.1. The van der Waals surface area contributed by atoms with Gasteiger partial charge in [-0.3, -0.25) is 9.69 Å². The van der Waals surface area contributed by atoms with E-state index in [4.69, 9.17) is 16.6 Å². The average Bonchev–Trinajstić information content (AvgIpc) is 3.19. The highest BCUT2D eigenvalue weighted by Gasteiger charge is 2.20. The molecular weight excluding hydrogens is 469 g/mol. The summed E-state index contributed by atoms with van der Waals surface area (Å²) in [6.07, 6.45) is 1.35. The first-order chi connectivity index (χ1) is 14.6. The molecule has 4 nitrogen and oxygen atoms in total. The highest BCUT2D eigenvalue weighted by molar-refractivity contribution is 7.99. The molecule has 1 heterocycles. The Hall–Kier alpha value is -1.31. The third-order valence-corrected chi connectivity index (χ3v) is 7.38. The number of aromatic nitrogens is 1. The zero-order valence-corrected chi connectivity index (χ0v) is 21.1. The van der Waals surface area contributed by atoms with Crippen molar-refractivity contribution in [2.75, 3.05) is 36.8 Å². The molecule has 2 aromatic carbocycles. The number of thiazole rings is 1. The molecule has 0 aliphatic carbocycles. The Balaban J connectivity index is 0.00000341. The fraction of sp³-hybridized carbons (Fsp3) is 0.391. The third kappa shape index (κ3) is 7.65. The number of amides is 1. The van der Waals surface area contributed by atoms with Crippen molar-refractivity contribution in [3.8, 4) is 0 Å². The number of thioether (sulfide) groups is 1. The fourth-order valence-corrected chi connectivity index (χ4v) is 5.15. The second-order valence-corrected chi connectivity index (χ2v) is 9.56. The van der Waals surface area contributed by atoms with E-state index in [1.165, 1.54) is 4.90 Å². The van der Waals surface area contributed by atoms with Gasteiger partial charge in [-0.15, -0.1) is 24.2 Å². The molecule has 0 fully saturated rings. The number of hydrogen-bond acceptors (Lipinski definition) is 5. The van der Waals surface area contributed by atoms with Gasteiger partial charge in [-0.2, -0.15) is 0 Å². The van der Waals surface area contributed by atoms with Gasteiger partial charge in [0.1, 0.15) is 0 Å². The Bertz CT molecular complexity index is 912. The van der Waals surface area contributed by atoms with Crippen LogP contribution in [0.2, 0.25) is 5.02 Å². The average molecular weight is 499 g/mol. The number of nitrogens with zero attached hydrogens (tertiary/aromatic N) is 3. The highest BCUT2D eigenvalue weighted by Crippen LogP contribution is 2.29. The first-order valence-electron chi connectivity index (χ1n) is 10.4. The van der Waals surface area contributed by atoms with Crippen LogP contribution < -0.4 is 4.90 Å². The van der Waals surface area contributed by atoms with E-state index in [9.17, 15) is 4.79 Å². The predicted molar refractivity (Wildman–Crippen MR) is 138 cm³/mol. The van der Waals surface area contributed by atoms with Crippen LogP contribution in [0, 0.1) is 0 Å². The van der Waals surface area contributed by atoms with Gasteiger partial charge in [0.15, 0.2) is 5.13 Å². The second kappa shape index (κ2) is 13.3. The number of anilines is 1. The second-order valence-electron chi connectivity index (χ2n) is 6.94. The van der Waals surface area contributed by atoms with Gasteiger partial charge < -0.3 is 4.90 Å². The number of carbonyl (C=O) groups excluding carboxylic acids is 1. The van der Waals surface area contributed by atoms with E-state index in [0.29, 0.717) is 13.0 Å². The monoisotopic (exact) mass is 497 g/mol. The number of likely N-dealkylation sites (N-methyl/N-ethyl adjacent to an activating group) is 1. The van der Waals surface area contributed by atoms with Gasteiger partial charge in [-0.25, -0.2) is 4.98 Å². The number of fused-ring (bicyclic) bond motifs is 1. The first kappa shape index (κ1) is 25.9. The van der Waals surface area contributed by atoms with E-state index < -0.39 is 0 Å². The Kier molecular flexibility index (Phi) is 11.1. The maximum atomic E-state index is 13.1. The van der Waals surface area contributed by atoms with Crippen LogP contribution in [0.25, 0.3) is 10.2 Å². The lowest BCUT2D eigenvalue weighted by molar-refractivity contribution is -0.118. The van der Waals surface area contributed by atoms with Crippen LogP contribution in [0.3, 0.4) is 0 Å². The minimum Gasteiger partial charge on any atom is -0.302 e. The van der Waals surface area contributed by atoms with Crippen molar-refractivity contribution < 1.29 is 4.79 Å². The summed E-state index contributed by atoms with van der Waals surface area (Å²) < 4.78 is 1.12. The van der Waals surface area contributed by atoms with Gasteiger partial charge in [-0.1, -0.05) is 48.9 Å². The number of benzene rings is 2. The summed E-state index contributed by atoms with van der Waals surface area (Å²) in [4.78, 5) is 23.2. The van der Waals surface area contributed by atoms with Crippen LogP contribution in [0.5, 0.6) is 0 Å². The molecule has 0 spiro atoms. The van der Waals surface area contributed by atoms with Crippen molar-refractivity contribution in [2.24, 2.45) is 0 Å². The Morgan fingerprint density at radius 2 is 1.77 bits per heavy atom. The van der Waals surface area contributed by atoms with Crippen molar-refractivity contribution in [1.82, 2.24) is 9.88 Å². The molecule has 168 valence electrons. The van der Waals surface area contributed by atoms with Gasteiger partial charge in [0.2, 0.25) is 5.91 Å². The normalized spacial score (nSPS) is 11.0. The summed E-state index contributed by atoms with van der Waals surface area (Å²) in [6, 6.07) is 15.9.